The van der Waals surface area contributed by atoms with Gasteiger partial charge in [0.1, 0.15) is 0 Å². The first-order valence-electron chi connectivity index (χ1n) is 11.3. The van der Waals surface area contributed by atoms with Crippen molar-refractivity contribution in [1.29, 1.82) is 0 Å². The molecule has 0 saturated carbocycles. The number of imide groups is 1. The van der Waals surface area contributed by atoms with Crippen LogP contribution in [0.2, 0.25) is 5.02 Å². The lowest BCUT2D eigenvalue weighted by atomic mass is 9.77. The molecule has 2 heterocycles. The largest absolute Gasteiger partial charge is 0.349 e. The second-order valence-corrected chi connectivity index (χ2v) is 9.74. The van der Waals surface area contributed by atoms with Gasteiger partial charge in [0.05, 0.1) is 23.6 Å². The van der Waals surface area contributed by atoms with E-state index in [9.17, 15) is 19.2 Å². The predicted molar refractivity (Wildman–Crippen MR) is 129 cm³/mol. The van der Waals surface area contributed by atoms with Crippen molar-refractivity contribution in [2.45, 2.75) is 25.6 Å². The van der Waals surface area contributed by atoms with Gasteiger partial charge in [-0.25, -0.2) is 4.90 Å². The van der Waals surface area contributed by atoms with E-state index in [0.29, 0.717) is 16.3 Å². The zero-order valence-electron chi connectivity index (χ0n) is 18.9. The Hall–Kier alpha value is -3.61. The smallest absolute Gasteiger partial charge is 0.241 e. The van der Waals surface area contributed by atoms with Gasteiger partial charge in [0.15, 0.2) is 0 Å². The van der Waals surface area contributed by atoms with Crippen LogP contribution in [0.4, 0.5) is 5.69 Å². The number of amides is 2. The maximum absolute atomic E-state index is 13.9. The number of rotatable bonds is 2. The molecular weight excluding hydrogens is 466 g/mol. The lowest BCUT2D eigenvalue weighted by Crippen LogP contribution is -2.51. The molecule has 0 unspecified atom stereocenters. The number of ether oxygens (including phenoxy) is 1. The fraction of sp³-hybridized carbons (Fsp3) is 0.214. The standard InChI is InChI=1S/C28H20ClNO5/c1-14-7-10-16(11-8-14)23-21-22(27(34)30(26(21)33)17-12-9-15(2)20(29)13-17)28(35-23)24(31)18-5-3-4-6-19(18)25(28)32/h3-13,21-23H,1-2H3/t21-,22-,23+/m1/s1. The molecule has 2 saturated heterocycles. The summed E-state index contributed by atoms with van der Waals surface area (Å²) >= 11 is 6.29. The molecule has 6 rings (SSSR count). The van der Waals surface area contributed by atoms with Gasteiger partial charge in [-0.3, -0.25) is 19.2 Å². The first-order chi connectivity index (χ1) is 16.8. The normalized spacial score (nSPS) is 24.4. The van der Waals surface area contributed by atoms with Crippen molar-refractivity contribution in [2.24, 2.45) is 11.8 Å². The van der Waals surface area contributed by atoms with Crippen molar-refractivity contribution in [3.63, 3.8) is 0 Å². The molecule has 174 valence electrons. The number of ketones is 2. The van der Waals surface area contributed by atoms with Crippen molar-refractivity contribution in [1.82, 2.24) is 0 Å². The van der Waals surface area contributed by atoms with Gasteiger partial charge in [-0.1, -0.05) is 71.8 Å². The van der Waals surface area contributed by atoms with Crippen LogP contribution >= 0.6 is 11.6 Å². The monoisotopic (exact) mass is 485 g/mol. The molecule has 6 nitrogen and oxygen atoms in total. The molecule has 7 heteroatoms. The third-order valence-electron chi connectivity index (χ3n) is 7.34. The van der Waals surface area contributed by atoms with Crippen LogP contribution in [0.1, 0.15) is 43.5 Å². The van der Waals surface area contributed by atoms with E-state index in [1.165, 1.54) is 0 Å². The Kier molecular flexibility index (Phi) is 4.66. The van der Waals surface area contributed by atoms with Crippen LogP contribution in [-0.4, -0.2) is 29.0 Å². The second-order valence-electron chi connectivity index (χ2n) is 9.34. The number of hydrogen-bond donors (Lipinski definition) is 0. The summed E-state index contributed by atoms with van der Waals surface area (Å²) in [4.78, 5) is 56.3. The summed E-state index contributed by atoms with van der Waals surface area (Å²) in [6.45, 7) is 3.75. The van der Waals surface area contributed by atoms with E-state index < -0.39 is 46.9 Å². The molecule has 35 heavy (non-hydrogen) atoms. The van der Waals surface area contributed by atoms with Gasteiger partial charge < -0.3 is 4.74 Å². The Labute approximate surface area is 206 Å². The molecule has 0 radical (unpaired) electrons. The summed E-state index contributed by atoms with van der Waals surface area (Å²) in [6, 6.07) is 18.7. The lowest BCUT2D eigenvalue weighted by molar-refractivity contribution is -0.127. The van der Waals surface area contributed by atoms with Gasteiger partial charge in [-0.2, -0.15) is 0 Å². The number of anilines is 1. The first kappa shape index (κ1) is 21.9. The molecule has 3 aromatic carbocycles. The van der Waals surface area contributed by atoms with Crippen LogP contribution in [0.3, 0.4) is 0 Å². The Morgan fingerprint density at radius 2 is 1.46 bits per heavy atom. The van der Waals surface area contributed by atoms with Crippen LogP contribution in [0, 0.1) is 25.7 Å². The van der Waals surface area contributed by atoms with E-state index in [4.69, 9.17) is 16.3 Å². The minimum absolute atomic E-state index is 0.206. The Morgan fingerprint density at radius 3 is 2.06 bits per heavy atom. The average molecular weight is 486 g/mol. The minimum Gasteiger partial charge on any atom is -0.349 e. The Bertz CT molecular complexity index is 1430. The van der Waals surface area contributed by atoms with E-state index in [1.807, 2.05) is 26.0 Å². The highest BCUT2D eigenvalue weighted by atomic mass is 35.5. The molecule has 1 spiro atoms. The van der Waals surface area contributed by atoms with E-state index in [2.05, 4.69) is 0 Å². The number of hydrogen-bond acceptors (Lipinski definition) is 5. The molecule has 3 aliphatic rings. The summed E-state index contributed by atoms with van der Waals surface area (Å²) in [5, 5.41) is 0.404. The quantitative estimate of drug-likeness (QED) is 0.390. The maximum Gasteiger partial charge on any atom is 0.241 e. The van der Waals surface area contributed by atoms with E-state index in [-0.39, 0.29) is 11.1 Å². The number of fused-ring (bicyclic) bond motifs is 3. The summed E-state index contributed by atoms with van der Waals surface area (Å²) in [5.74, 6) is -4.62. The second kappa shape index (κ2) is 7.44. The van der Waals surface area contributed by atoms with E-state index >= 15 is 0 Å². The summed E-state index contributed by atoms with van der Waals surface area (Å²) in [6.07, 6.45) is -0.940. The Morgan fingerprint density at radius 1 is 0.829 bits per heavy atom. The van der Waals surface area contributed by atoms with Crippen LogP contribution in [0.25, 0.3) is 0 Å². The summed E-state index contributed by atoms with van der Waals surface area (Å²) < 4.78 is 6.28. The number of carbonyl (C=O) groups is 4. The van der Waals surface area contributed by atoms with Gasteiger partial charge in [-0.15, -0.1) is 0 Å². The molecule has 0 N–H and O–H groups in total. The Balaban J connectivity index is 1.54. The van der Waals surface area contributed by atoms with Crippen molar-refractivity contribution >= 4 is 40.7 Å². The highest BCUT2D eigenvalue weighted by Crippen LogP contribution is 2.57. The topological polar surface area (TPSA) is 80.8 Å². The number of benzene rings is 3. The fourth-order valence-electron chi connectivity index (χ4n) is 5.55. The van der Waals surface area contributed by atoms with Gasteiger partial charge >= 0.3 is 0 Å². The number of halogens is 1. The van der Waals surface area contributed by atoms with Gasteiger partial charge in [-0.05, 0) is 37.1 Å². The van der Waals surface area contributed by atoms with Gasteiger partial charge in [0.2, 0.25) is 29.0 Å². The average Bonchev–Trinajstić information content (AvgIpc) is 3.41. The number of carbonyl (C=O) groups excluding carboxylic acids is 4. The predicted octanol–water partition coefficient (Wildman–Crippen LogP) is 4.65. The molecule has 2 fully saturated rings. The van der Waals surface area contributed by atoms with Crippen LogP contribution in [-0.2, 0) is 14.3 Å². The molecule has 0 bridgehead atoms. The highest BCUT2D eigenvalue weighted by Gasteiger charge is 2.74. The summed E-state index contributed by atoms with van der Waals surface area (Å²) in [7, 11) is 0. The van der Waals surface area contributed by atoms with Crippen molar-refractivity contribution in [3.05, 3.63) is 99.6 Å². The molecular formula is C28H20ClNO5. The fourth-order valence-corrected chi connectivity index (χ4v) is 5.72. The van der Waals surface area contributed by atoms with Crippen LogP contribution in [0.5, 0.6) is 0 Å². The number of Topliss-reactive ketones (excluding diaryl/α,β-unsaturated/α-hetero) is 2. The zero-order chi connectivity index (χ0) is 24.6. The van der Waals surface area contributed by atoms with E-state index in [0.717, 1.165) is 16.0 Å². The van der Waals surface area contributed by atoms with Crippen LogP contribution < -0.4 is 4.90 Å². The van der Waals surface area contributed by atoms with Gasteiger partial charge in [0, 0.05) is 16.1 Å². The third-order valence-corrected chi connectivity index (χ3v) is 7.75. The molecule has 1 aliphatic carbocycles. The summed E-state index contributed by atoms with van der Waals surface area (Å²) in [5.41, 5.74) is 1.06. The van der Waals surface area contributed by atoms with Gasteiger partial charge in [0.25, 0.3) is 0 Å². The molecule has 2 aliphatic heterocycles. The third kappa shape index (κ3) is 2.81. The van der Waals surface area contributed by atoms with Crippen molar-refractivity contribution < 1.29 is 23.9 Å². The zero-order valence-corrected chi connectivity index (χ0v) is 19.7. The van der Waals surface area contributed by atoms with Crippen molar-refractivity contribution in [2.75, 3.05) is 4.90 Å². The SMILES string of the molecule is Cc1ccc([C@@H]2OC3(C(=O)c4ccccc4C3=O)[C@H]3C(=O)N(c4ccc(C)c(Cl)c4)C(=O)[C@@H]23)cc1. The van der Waals surface area contributed by atoms with Crippen LogP contribution in [0.15, 0.2) is 66.7 Å². The molecule has 3 aromatic rings. The van der Waals surface area contributed by atoms with Crippen molar-refractivity contribution in [3.8, 4) is 0 Å². The minimum atomic E-state index is -2.08. The highest BCUT2D eigenvalue weighted by molar-refractivity contribution is 6.37. The number of nitrogens with zero attached hydrogens (tertiary/aromatic N) is 1. The first-order valence-corrected chi connectivity index (χ1v) is 11.7. The molecule has 0 aromatic heterocycles. The molecule has 3 atom stereocenters. The number of aryl methyl sites for hydroxylation is 2. The lowest BCUT2D eigenvalue weighted by Gasteiger charge is -2.27. The maximum atomic E-state index is 13.9. The van der Waals surface area contributed by atoms with E-state index in [1.54, 1.807) is 54.6 Å². The molecule has 2 amide bonds.